The van der Waals surface area contributed by atoms with E-state index in [1.807, 2.05) is 0 Å². The van der Waals surface area contributed by atoms with Gasteiger partial charge in [-0.05, 0) is 25.1 Å². The molecule has 3 rings (SSSR count). The summed E-state index contributed by atoms with van der Waals surface area (Å²) in [4.78, 5) is 25.7. The maximum Gasteiger partial charge on any atom is 0.275 e. The van der Waals surface area contributed by atoms with Crippen molar-refractivity contribution in [2.24, 2.45) is 0 Å². The molecule has 0 spiro atoms. The Balaban J connectivity index is 1.74. The number of hydrogen-bond acceptors (Lipinski definition) is 4. The number of rotatable bonds is 3. The van der Waals surface area contributed by atoms with Crippen LogP contribution in [0.3, 0.4) is 0 Å². The highest BCUT2D eigenvalue weighted by Gasteiger charge is 2.27. The lowest BCUT2D eigenvalue weighted by Crippen LogP contribution is -2.49. The number of carbonyl (C=O) groups is 1. The number of nitrogens with zero attached hydrogens (tertiary/aromatic N) is 3. The second-order valence-corrected chi connectivity index (χ2v) is 6.23. The molecule has 1 heterocycles. The minimum absolute atomic E-state index is 0.185. The van der Waals surface area contributed by atoms with Crippen molar-refractivity contribution >= 4 is 17.3 Å². The molecule has 2 aromatic carbocycles. The highest BCUT2D eigenvalue weighted by molar-refractivity contribution is 5.94. The van der Waals surface area contributed by atoms with E-state index in [4.69, 9.17) is 0 Å². The first-order chi connectivity index (χ1) is 12.8. The van der Waals surface area contributed by atoms with Crippen molar-refractivity contribution in [1.29, 1.82) is 0 Å². The zero-order valence-corrected chi connectivity index (χ0v) is 14.4. The molecular formula is C18H16F3N3O3. The summed E-state index contributed by atoms with van der Waals surface area (Å²) in [6, 6.07) is 5.69. The topological polar surface area (TPSA) is 66.7 Å². The van der Waals surface area contributed by atoms with Crippen LogP contribution in [0.4, 0.5) is 24.5 Å². The number of carbonyl (C=O) groups excluding carboxylic acids is 1. The molecule has 0 atom stereocenters. The summed E-state index contributed by atoms with van der Waals surface area (Å²) in [5.41, 5.74) is -0.105. The van der Waals surface area contributed by atoms with Gasteiger partial charge in [-0.1, -0.05) is 6.07 Å². The number of nitro groups is 1. The molecular weight excluding hydrogens is 363 g/mol. The Hall–Kier alpha value is -3.10. The average molecular weight is 379 g/mol. The van der Waals surface area contributed by atoms with Gasteiger partial charge in [-0.3, -0.25) is 14.9 Å². The molecule has 0 saturated carbocycles. The number of hydrogen-bond donors (Lipinski definition) is 0. The molecule has 6 nitrogen and oxygen atoms in total. The molecule has 0 aliphatic carbocycles. The lowest BCUT2D eigenvalue weighted by Gasteiger charge is -2.36. The molecule has 2 aromatic rings. The predicted molar refractivity (Wildman–Crippen MR) is 92.3 cm³/mol. The van der Waals surface area contributed by atoms with E-state index >= 15 is 0 Å². The first-order valence-electron chi connectivity index (χ1n) is 8.22. The Morgan fingerprint density at radius 1 is 1.07 bits per heavy atom. The monoisotopic (exact) mass is 379 g/mol. The number of aryl methyl sites for hydroxylation is 1. The maximum absolute atomic E-state index is 14.3. The second kappa shape index (κ2) is 7.26. The van der Waals surface area contributed by atoms with Gasteiger partial charge in [0.2, 0.25) is 0 Å². The van der Waals surface area contributed by atoms with Gasteiger partial charge in [0.15, 0.2) is 17.5 Å². The predicted octanol–water partition coefficient (Wildman–Crippen LogP) is 3.28. The number of nitro benzene ring substituents is 1. The molecule has 0 radical (unpaired) electrons. The molecule has 9 heteroatoms. The van der Waals surface area contributed by atoms with E-state index in [1.165, 1.54) is 30.0 Å². The van der Waals surface area contributed by atoms with Gasteiger partial charge in [0, 0.05) is 31.7 Å². The largest absolute Gasteiger partial charge is 0.366 e. The molecule has 1 aliphatic heterocycles. The molecule has 0 N–H and O–H groups in total. The number of benzene rings is 2. The van der Waals surface area contributed by atoms with Crippen LogP contribution in [0.1, 0.15) is 15.9 Å². The fourth-order valence-electron chi connectivity index (χ4n) is 3.08. The first-order valence-corrected chi connectivity index (χ1v) is 8.22. The van der Waals surface area contributed by atoms with Crippen molar-refractivity contribution in [1.82, 2.24) is 4.90 Å². The molecule has 142 valence electrons. The quantitative estimate of drug-likeness (QED) is 0.606. The zero-order chi connectivity index (χ0) is 19.7. The Kier molecular flexibility index (Phi) is 5.02. The van der Waals surface area contributed by atoms with E-state index < -0.39 is 28.3 Å². The van der Waals surface area contributed by atoms with Crippen molar-refractivity contribution < 1.29 is 22.9 Å². The van der Waals surface area contributed by atoms with E-state index in [2.05, 4.69) is 0 Å². The fourth-order valence-corrected chi connectivity index (χ4v) is 3.08. The molecule has 1 aliphatic rings. The smallest absolute Gasteiger partial charge is 0.275 e. The number of anilines is 1. The van der Waals surface area contributed by atoms with E-state index in [0.717, 1.165) is 12.1 Å². The van der Waals surface area contributed by atoms with E-state index in [-0.39, 0.29) is 43.1 Å². The Morgan fingerprint density at radius 3 is 2.37 bits per heavy atom. The third kappa shape index (κ3) is 3.57. The van der Waals surface area contributed by atoms with Crippen LogP contribution in [0.2, 0.25) is 0 Å². The maximum atomic E-state index is 14.3. The van der Waals surface area contributed by atoms with Crippen LogP contribution < -0.4 is 4.90 Å². The summed E-state index contributed by atoms with van der Waals surface area (Å²) in [6.45, 7) is 2.41. The summed E-state index contributed by atoms with van der Waals surface area (Å²) in [5, 5.41) is 10.9. The minimum Gasteiger partial charge on any atom is -0.366 e. The number of halogens is 3. The van der Waals surface area contributed by atoms with Crippen molar-refractivity contribution in [3.63, 3.8) is 0 Å². The zero-order valence-electron chi connectivity index (χ0n) is 14.4. The van der Waals surface area contributed by atoms with Gasteiger partial charge in [-0.2, -0.15) is 0 Å². The SMILES string of the molecule is Cc1cc(N2CCN(C(=O)c3cccc(F)c3F)CC2)c(F)cc1[N+](=O)[O-]. The van der Waals surface area contributed by atoms with Gasteiger partial charge in [0.05, 0.1) is 22.2 Å². The highest BCUT2D eigenvalue weighted by atomic mass is 19.2. The van der Waals surface area contributed by atoms with Crippen LogP contribution in [0.25, 0.3) is 0 Å². The highest BCUT2D eigenvalue weighted by Crippen LogP contribution is 2.29. The normalized spacial score (nSPS) is 14.4. The molecule has 0 aromatic heterocycles. The summed E-state index contributed by atoms with van der Waals surface area (Å²) >= 11 is 0. The van der Waals surface area contributed by atoms with E-state index in [1.54, 1.807) is 4.90 Å². The minimum atomic E-state index is -1.19. The van der Waals surface area contributed by atoms with Crippen LogP contribution >= 0.6 is 0 Å². The van der Waals surface area contributed by atoms with Gasteiger partial charge >= 0.3 is 0 Å². The summed E-state index contributed by atoms with van der Waals surface area (Å²) < 4.78 is 41.4. The summed E-state index contributed by atoms with van der Waals surface area (Å²) in [7, 11) is 0. The van der Waals surface area contributed by atoms with Gasteiger partial charge in [-0.25, -0.2) is 13.2 Å². The van der Waals surface area contributed by atoms with Crippen LogP contribution in [-0.4, -0.2) is 41.9 Å². The fraction of sp³-hybridized carbons (Fsp3) is 0.278. The van der Waals surface area contributed by atoms with Crippen LogP contribution in [-0.2, 0) is 0 Å². The van der Waals surface area contributed by atoms with Gasteiger partial charge < -0.3 is 9.80 Å². The molecule has 27 heavy (non-hydrogen) atoms. The standard InChI is InChI=1S/C18H16F3N3O3/c1-11-9-16(14(20)10-15(11)24(26)27)22-5-7-23(8-6-22)18(25)12-3-2-4-13(19)17(12)21/h2-4,9-10H,5-8H2,1H3. The third-order valence-electron chi connectivity index (χ3n) is 4.55. The van der Waals surface area contributed by atoms with Crippen LogP contribution in [0, 0.1) is 34.5 Å². The molecule has 0 unspecified atom stereocenters. The molecule has 1 fully saturated rings. The first kappa shape index (κ1) is 18.7. The van der Waals surface area contributed by atoms with E-state index in [0.29, 0.717) is 5.56 Å². The number of piperazine rings is 1. The van der Waals surface area contributed by atoms with E-state index in [9.17, 15) is 28.1 Å². The van der Waals surface area contributed by atoms with Gasteiger partial charge in [0.25, 0.3) is 11.6 Å². The van der Waals surface area contributed by atoms with Crippen molar-refractivity contribution in [3.05, 3.63) is 69.0 Å². The molecule has 0 bridgehead atoms. The van der Waals surface area contributed by atoms with Crippen molar-refractivity contribution in [2.75, 3.05) is 31.1 Å². The summed E-state index contributed by atoms with van der Waals surface area (Å²) in [5.74, 6) is -3.64. The molecule has 1 saturated heterocycles. The Labute approximate surface area is 153 Å². The van der Waals surface area contributed by atoms with Crippen LogP contribution in [0.5, 0.6) is 0 Å². The van der Waals surface area contributed by atoms with Crippen molar-refractivity contribution in [3.8, 4) is 0 Å². The van der Waals surface area contributed by atoms with Gasteiger partial charge in [-0.15, -0.1) is 0 Å². The lowest BCUT2D eigenvalue weighted by molar-refractivity contribution is -0.385. The summed E-state index contributed by atoms with van der Waals surface area (Å²) in [6.07, 6.45) is 0. The third-order valence-corrected chi connectivity index (χ3v) is 4.55. The number of amides is 1. The van der Waals surface area contributed by atoms with Crippen LogP contribution in [0.15, 0.2) is 30.3 Å². The Morgan fingerprint density at radius 2 is 1.74 bits per heavy atom. The molecule has 1 amide bonds. The average Bonchev–Trinajstić information content (AvgIpc) is 2.65. The van der Waals surface area contributed by atoms with Gasteiger partial charge in [0.1, 0.15) is 0 Å². The lowest BCUT2D eigenvalue weighted by atomic mass is 10.1. The Bertz CT molecular complexity index is 912. The second-order valence-electron chi connectivity index (χ2n) is 6.23. The van der Waals surface area contributed by atoms with Crippen molar-refractivity contribution in [2.45, 2.75) is 6.92 Å².